The third-order valence-electron chi connectivity index (χ3n) is 14.9. The molecule has 2 aromatic carbocycles. The average Bonchev–Trinajstić information content (AvgIpc) is 1.29. The molecular weight excluding hydrogens is 1190 g/mol. The first-order valence-corrected chi connectivity index (χ1v) is 30.2. The number of esters is 2. The van der Waals surface area contributed by atoms with Crippen molar-refractivity contribution < 1.29 is 43.3 Å². The van der Waals surface area contributed by atoms with Gasteiger partial charge in [-0.15, -0.1) is 12.4 Å². The van der Waals surface area contributed by atoms with Gasteiger partial charge in [0.25, 0.3) is 0 Å². The summed E-state index contributed by atoms with van der Waals surface area (Å²) in [4.78, 5) is 83.3. The van der Waals surface area contributed by atoms with Gasteiger partial charge in [0, 0.05) is 85.0 Å². The number of ether oxygens (including phenoxy) is 4. The molecule has 496 valence electrons. The molecule has 0 saturated carbocycles. The molecule has 0 aliphatic carbocycles. The number of amides is 2. The molecule has 0 radical (unpaired) electrons. The van der Waals surface area contributed by atoms with Crippen molar-refractivity contribution in [2.24, 2.45) is 5.90 Å². The highest BCUT2D eigenvalue weighted by Gasteiger charge is 2.31. The van der Waals surface area contributed by atoms with Gasteiger partial charge in [0.1, 0.15) is 84.1 Å². The van der Waals surface area contributed by atoms with Crippen LogP contribution in [0.4, 0.5) is 38.7 Å². The number of carbonyl (C=O) groups is 4. The van der Waals surface area contributed by atoms with Crippen LogP contribution in [0.25, 0.3) is 5.82 Å². The molecule has 2 saturated heterocycles. The van der Waals surface area contributed by atoms with Gasteiger partial charge in [0.05, 0.1) is 0 Å². The summed E-state index contributed by atoms with van der Waals surface area (Å²) in [5, 5.41) is 18.2. The summed E-state index contributed by atoms with van der Waals surface area (Å²) < 4.78 is 24.0. The normalized spacial score (nSPS) is 14.0. The molecule has 5 aromatic heterocycles. The van der Waals surface area contributed by atoms with Crippen LogP contribution in [0.1, 0.15) is 132 Å². The van der Waals surface area contributed by atoms with Gasteiger partial charge < -0.3 is 65.5 Å². The molecule has 92 heavy (non-hydrogen) atoms. The zero-order valence-corrected chi connectivity index (χ0v) is 54.5. The molecule has 25 heteroatoms. The highest BCUT2D eigenvalue weighted by Crippen LogP contribution is 2.34. The van der Waals surface area contributed by atoms with E-state index in [-0.39, 0.29) is 46.1 Å². The van der Waals surface area contributed by atoms with Gasteiger partial charge in [-0.1, -0.05) is 80.2 Å². The lowest BCUT2D eigenvalue weighted by Gasteiger charge is -2.33. The Labute approximate surface area is 546 Å². The van der Waals surface area contributed by atoms with Gasteiger partial charge in [0.2, 0.25) is 0 Å². The monoisotopic (exact) mass is 1290 g/mol. The van der Waals surface area contributed by atoms with Gasteiger partial charge >= 0.3 is 24.1 Å². The molecule has 0 bridgehead atoms. The van der Waals surface area contributed by atoms with E-state index in [0.717, 1.165) is 103 Å². The number of piperidine rings is 2. The topological polar surface area (TPSA) is 314 Å². The number of pyridine rings is 2. The van der Waals surface area contributed by atoms with Crippen molar-refractivity contribution in [3.8, 4) is 5.82 Å². The Bertz CT molecular complexity index is 3440. The lowest BCUT2D eigenvalue weighted by Crippen LogP contribution is -2.48. The number of aryl methyl sites for hydroxylation is 2. The van der Waals surface area contributed by atoms with Crippen LogP contribution in [0.3, 0.4) is 0 Å². The Kier molecular flexibility index (Phi) is 27.9. The van der Waals surface area contributed by atoms with Crippen LogP contribution in [-0.2, 0) is 41.8 Å². The molecule has 7 heterocycles. The Hall–Kier alpha value is -9.13. The predicted octanol–water partition coefficient (Wildman–Crippen LogP) is 10.6. The quantitative estimate of drug-likeness (QED) is 0.0225. The van der Waals surface area contributed by atoms with E-state index in [1.807, 2.05) is 86.6 Å². The molecule has 2 amide bonds. The molecule has 0 spiro atoms. The minimum absolute atomic E-state index is 0. The summed E-state index contributed by atoms with van der Waals surface area (Å²) in [5.41, 5.74) is 12.3. The minimum Gasteiger partial charge on any atom is -0.458 e. The second-order valence-electron chi connectivity index (χ2n) is 24.1. The number of nitrogen functional groups attached to an aromatic ring is 1. The van der Waals surface area contributed by atoms with E-state index < -0.39 is 47.4 Å². The second kappa shape index (κ2) is 34.9. The van der Waals surface area contributed by atoms with E-state index in [0.29, 0.717) is 29.3 Å². The number of halogens is 1. The number of benzene rings is 2. The predicted molar refractivity (Wildman–Crippen MR) is 359 cm³/mol. The maximum Gasteiger partial charge on any atom is 0.408 e. The molecule has 2 fully saturated rings. The van der Waals surface area contributed by atoms with Crippen molar-refractivity contribution >= 4 is 65.6 Å². The van der Waals surface area contributed by atoms with Crippen LogP contribution in [-0.4, -0.2) is 126 Å². The van der Waals surface area contributed by atoms with Crippen molar-refractivity contribution in [3.63, 3.8) is 0 Å². The summed E-state index contributed by atoms with van der Waals surface area (Å²) in [6, 6.07) is 32.9. The van der Waals surface area contributed by atoms with E-state index >= 15 is 0 Å². The van der Waals surface area contributed by atoms with Crippen LogP contribution in [0, 0.1) is 27.7 Å². The number of nitrogens with one attached hydrogen (secondary N) is 4. The van der Waals surface area contributed by atoms with E-state index in [1.54, 1.807) is 47.6 Å². The zero-order chi connectivity index (χ0) is 65.0. The molecule has 9 N–H and O–H groups in total. The Morgan fingerprint density at radius 1 is 0.554 bits per heavy atom. The Morgan fingerprint density at radius 3 is 1.34 bits per heavy atom. The molecule has 2 aliphatic rings. The highest BCUT2D eigenvalue weighted by molar-refractivity contribution is 5.85. The van der Waals surface area contributed by atoms with Crippen LogP contribution >= 0.6 is 12.4 Å². The number of hydrogen-bond donors (Lipinski definition) is 7. The number of aromatic nitrogens is 7. The van der Waals surface area contributed by atoms with Gasteiger partial charge in [-0.05, 0) is 142 Å². The molecular formula is C67H92ClN15O9. The summed E-state index contributed by atoms with van der Waals surface area (Å²) >= 11 is 0. The maximum atomic E-state index is 13.1. The molecule has 7 aromatic rings. The highest BCUT2D eigenvalue weighted by atomic mass is 35.5. The summed E-state index contributed by atoms with van der Waals surface area (Å²) in [5.74, 6) is 7.35. The number of nitrogens with two attached hydrogens (primary N) is 2. The number of anilines is 5. The Morgan fingerprint density at radius 2 is 0.946 bits per heavy atom. The van der Waals surface area contributed by atoms with E-state index in [4.69, 9.17) is 34.9 Å². The van der Waals surface area contributed by atoms with Crippen LogP contribution in [0.15, 0.2) is 122 Å². The third-order valence-corrected chi connectivity index (χ3v) is 14.9. The van der Waals surface area contributed by atoms with E-state index in [9.17, 15) is 19.2 Å². The average molecular weight is 1290 g/mol. The standard InChI is InChI=1S/C36H45N7O4.C30H39N7O4.CH4.ClH.H3NO/c1-24-15-16-25(2)43(24)31-14-10-13-29(40-31)28-17-19-42(20-18-28)33-26(3)32(38-23-39-33)37-21-30(34(44)47-36(4,5)6)41-35(45)46-22-27-11-8-7-9-12-27;1-20-26(33-19-34-27(20)37-15-13-22(14-16-37)23-11-8-12-25(31)35-23)32-17-24(28(38)41-30(2,3)4)36-29(39)40-18-21-9-6-5-7-10-21;;;1-2/h7-16,23,28,30H,17-22H2,1-6H3,(H,41,45)(H,37,38,39);5-12,19,22,24H,13-18H2,1-4H3,(H2,31,35)(H,36,39)(H,32,33,34);1H4;1H;2H,1H2/t30-;24-;;;/m00.../s1. The van der Waals surface area contributed by atoms with Gasteiger partial charge in [-0.3, -0.25) is 0 Å². The van der Waals surface area contributed by atoms with Crippen molar-refractivity contribution in [3.05, 3.63) is 167 Å². The van der Waals surface area contributed by atoms with E-state index in [2.05, 4.69) is 111 Å². The van der Waals surface area contributed by atoms with Gasteiger partial charge in [-0.25, -0.2) is 55.0 Å². The number of alkyl carbamates (subject to hydrolysis) is 2. The van der Waals surface area contributed by atoms with Crippen molar-refractivity contribution in [2.75, 3.05) is 65.4 Å². The zero-order valence-electron chi connectivity index (χ0n) is 53.6. The van der Waals surface area contributed by atoms with Crippen LogP contribution < -0.4 is 42.7 Å². The molecule has 2 atom stereocenters. The number of hydrogen-bond acceptors (Lipinski definition) is 21. The largest absolute Gasteiger partial charge is 0.458 e. The molecule has 24 nitrogen and oxygen atoms in total. The minimum atomic E-state index is -1.01. The first kappa shape index (κ1) is 73.6. The smallest absolute Gasteiger partial charge is 0.408 e. The first-order chi connectivity index (χ1) is 43.1. The second-order valence-corrected chi connectivity index (χ2v) is 24.1. The van der Waals surface area contributed by atoms with Crippen LogP contribution in [0.5, 0.6) is 0 Å². The van der Waals surface area contributed by atoms with Gasteiger partial charge in [-0.2, -0.15) is 0 Å². The SMILES string of the molecule is C.Cc1c(NC[C@H](NC(=O)OCc2ccccc2)C(=O)OC(C)(C)C)ncnc1N1CCC(c2cccc(-n3c(C)ccc3C)n2)CC1.Cc1c(NC[C@H](NC(=O)OCc2ccccc2)C(=O)OC(C)(C)C)ncnc1N1CCC(c2cccc(N)n2)CC1.Cl.NO. The van der Waals surface area contributed by atoms with Crippen molar-refractivity contribution in [1.82, 2.24) is 45.1 Å². The molecule has 9 rings (SSSR count). The van der Waals surface area contributed by atoms with Crippen molar-refractivity contribution in [1.29, 1.82) is 0 Å². The van der Waals surface area contributed by atoms with E-state index in [1.165, 1.54) is 24.0 Å². The lowest BCUT2D eigenvalue weighted by molar-refractivity contribution is -0.158. The fourth-order valence-corrected chi connectivity index (χ4v) is 10.5. The number of rotatable bonds is 19. The van der Waals surface area contributed by atoms with Crippen LogP contribution in [0.2, 0.25) is 0 Å². The number of nitrogens with zero attached hydrogens (tertiary/aromatic N) is 9. The Balaban J connectivity index is 0.000000321. The fourth-order valence-electron chi connectivity index (χ4n) is 10.5. The fraction of sp³-hybridized carbons (Fsp3) is 0.433. The maximum absolute atomic E-state index is 13.1. The lowest BCUT2D eigenvalue weighted by atomic mass is 9.93. The molecule has 0 unspecified atom stereocenters. The van der Waals surface area contributed by atoms with Gasteiger partial charge in [0.15, 0.2) is 0 Å². The summed E-state index contributed by atoms with van der Waals surface area (Å²) in [6.07, 6.45) is 5.34. The number of carbonyl (C=O) groups excluding carboxylic acids is 4. The first-order valence-electron chi connectivity index (χ1n) is 30.2. The van der Waals surface area contributed by atoms with Crippen molar-refractivity contribution in [2.45, 2.75) is 151 Å². The third kappa shape index (κ3) is 21.8. The summed E-state index contributed by atoms with van der Waals surface area (Å²) in [7, 11) is 0. The molecule has 2 aliphatic heterocycles. The summed E-state index contributed by atoms with van der Waals surface area (Å²) in [6.45, 7) is 22.3.